The average Bonchev–Trinajstić information content (AvgIpc) is 2.35. The van der Waals surface area contributed by atoms with Crippen molar-refractivity contribution in [3.05, 3.63) is 53.1 Å². The number of benzene rings is 2. The predicted octanol–water partition coefficient (Wildman–Crippen LogP) is 2.63. The Morgan fingerprint density at radius 3 is 1.87 bits per heavy atom. The van der Waals surface area contributed by atoms with Crippen LogP contribution in [0.1, 0.15) is 16.7 Å². The zero-order valence-corrected chi connectivity index (χ0v) is 14.4. The minimum absolute atomic E-state index is 0.0640. The van der Waals surface area contributed by atoms with Crippen LogP contribution in [0.3, 0.4) is 0 Å². The first kappa shape index (κ1) is 17.5. The van der Waals surface area contributed by atoms with Crippen molar-refractivity contribution in [3.8, 4) is 5.75 Å². The first-order valence-electron chi connectivity index (χ1n) is 6.60. The Morgan fingerprint density at radius 2 is 1.35 bits per heavy atom. The van der Waals surface area contributed by atoms with Gasteiger partial charge in [-0.05, 0) is 50.1 Å². The highest BCUT2D eigenvalue weighted by Gasteiger charge is 2.24. The van der Waals surface area contributed by atoms with Gasteiger partial charge in [-0.2, -0.15) is 16.8 Å². The molecule has 2 aromatic rings. The maximum Gasteiger partial charge on any atom is 0.339 e. The predicted molar refractivity (Wildman–Crippen MR) is 84.7 cm³/mol. The van der Waals surface area contributed by atoms with Crippen molar-refractivity contribution in [3.63, 3.8) is 0 Å². The van der Waals surface area contributed by atoms with E-state index in [1.54, 1.807) is 26.0 Å². The standard InChI is InChI=1S/C15H16O6S2/c1-10-4-6-14(12(3)8-10)23(19,20)21-13-9-11(2)5-7-15(13)22(16,17)18/h4-9H,1-3H3,(H,16,17,18). The lowest BCUT2D eigenvalue weighted by atomic mass is 10.2. The zero-order chi connectivity index (χ0) is 17.4. The summed E-state index contributed by atoms with van der Waals surface area (Å²) in [7, 11) is -8.85. The van der Waals surface area contributed by atoms with Crippen molar-refractivity contribution in [2.24, 2.45) is 0 Å². The molecule has 0 radical (unpaired) electrons. The number of rotatable bonds is 4. The Labute approximate surface area is 135 Å². The van der Waals surface area contributed by atoms with E-state index in [4.69, 9.17) is 4.18 Å². The smallest absolute Gasteiger partial charge is 0.339 e. The van der Waals surface area contributed by atoms with E-state index in [9.17, 15) is 21.4 Å². The van der Waals surface area contributed by atoms with Gasteiger partial charge in [-0.3, -0.25) is 4.55 Å². The van der Waals surface area contributed by atoms with Crippen molar-refractivity contribution < 1.29 is 25.6 Å². The van der Waals surface area contributed by atoms with Crippen LogP contribution in [0.25, 0.3) is 0 Å². The summed E-state index contributed by atoms with van der Waals surface area (Å²) < 4.78 is 61.8. The van der Waals surface area contributed by atoms with E-state index >= 15 is 0 Å². The lowest BCUT2D eigenvalue weighted by Gasteiger charge is -2.12. The second-order valence-corrected chi connectivity index (χ2v) is 8.14. The van der Waals surface area contributed by atoms with Gasteiger partial charge in [-0.25, -0.2) is 0 Å². The minimum Gasteiger partial charge on any atom is -0.377 e. The number of aryl methyl sites for hydroxylation is 3. The van der Waals surface area contributed by atoms with Crippen molar-refractivity contribution in [1.82, 2.24) is 0 Å². The summed E-state index contributed by atoms with van der Waals surface area (Å²) >= 11 is 0. The van der Waals surface area contributed by atoms with Crippen LogP contribution in [0.4, 0.5) is 0 Å². The molecule has 124 valence electrons. The van der Waals surface area contributed by atoms with E-state index in [0.29, 0.717) is 11.1 Å². The van der Waals surface area contributed by atoms with Crippen LogP contribution in [-0.2, 0) is 20.2 Å². The van der Waals surface area contributed by atoms with Gasteiger partial charge < -0.3 is 4.18 Å². The van der Waals surface area contributed by atoms with Gasteiger partial charge in [0, 0.05) is 0 Å². The normalized spacial score (nSPS) is 12.2. The van der Waals surface area contributed by atoms with Gasteiger partial charge in [0.15, 0.2) is 5.75 Å². The van der Waals surface area contributed by atoms with Crippen LogP contribution >= 0.6 is 0 Å². The highest BCUT2D eigenvalue weighted by atomic mass is 32.2. The fourth-order valence-corrected chi connectivity index (χ4v) is 3.94. The molecule has 0 bridgehead atoms. The Morgan fingerprint density at radius 1 is 0.826 bits per heavy atom. The lowest BCUT2D eigenvalue weighted by Crippen LogP contribution is -2.13. The third-order valence-corrected chi connectivity index (χ3v) is 5.47. The molecule has 0 amide bonds. The summed E-state index contributed by atoms with van der Waals surface area (Å²) in [5.41, 5.74) is 1.95. The van der Waals surface area contributed by atoms with Crippen molar-refractivity contribution >= 4 is 20.2 Å². The second-order valence-electron chi connectivity index (χ2n) is 5.23. The SMILES string of the molecule is Cc1ccc(S(=O)(=O)Oc2cc(C)ccc2S(=O)(=O)O)c(C)c1. The van der Waals surface area contributed by atoms with E-state index in [-0.39, 0.29) is 4.90 Å². The van der Waals surface area contributed by atoms with E-state index in [2.05, 4.69) is 0 Å². The molecule has 0 fully saturated rings. The number of hydrogen-bond donors (Lipinski definition) is 1. The van der Waals surface area contributed by atoms with E-state index in [1.165, 1.54) is 18.2 Å². The molecule has 2 rings (SSSR count). The highest BCUT2D eigenvalue weighted by molar-refractivity contribution is 7.87. The topological polar surface area (TPSA) is 97.7 Å². The summed E-state index contributed by atoms with van der Waals surface area (Å²) in [6, 6.07) is 8.45. The quantitative estimate of drug-likeness (QED) is 0.668. The van der Waals surface area contributed by atoms with Gasteiger partial charge in [0.1, 0.15) is 9.79 Å². The lowest BCUT2D eigenvalue weighted by molar-refractivity contribution is 0.463. The molecular formula is C15H16O6S2. The molecule has 6 nitrogen and oxygen atoms in total. The van der Waals surface area contributed by atoms with Gasteiger partial charge >= 0.3 is 10.1 Å². The first-order valence-corrected chi connectivity index (χ1v) is 9.45. The Hall–Kier alpha value is -1.90. The molecule has 8 heteroatoms. The molecule has 0 atom stereocenters. The molecule has 0 saturated heterocycles. The summed E-state index contributed by atoms with van der Waals surface area (Å²) in [5.74, 6) is -0.438. The van der Waals surface area contributed by atoms with E-state index < -0.39 is 30.9 Å². The van der Waals surface area contributed by atoms with Crippen LogP contribution in [-0.4, -0.2) is 21.4 Å². The van der Waals surface area contributed by atoms with E-state index in [1.807, 2.05) is 6.92 Å². The third kappa shape index (κ3) is 3.90. The summed E-state index contributed by atoms with van der Waals surface area (Å²) in [5, 5.41) is 0. The van der Waals surface area contributed by atoms with E-state index in [0.717, 1.165) is 11.6 Å². The van der Waals surface area contributed by atoms with Crippen LogP contribution in [0.15, 0.2) is 46.2 Å². The molecule has 23 heavy (non-hydrogen) atoms. The molecule has 0 saturated carbocycles. The molecule has 0 aliphatic carbocycles. The Bertz CT molecular complexity index is 959. The largest absolute Gasteiger partial charge is 0.377 e. The summed E-state index contributed by atoms with van der Waals surface area (Å²) in [4.78, 5) is -0.665. The summed E-state index contributed by atoms with van der Waals surface area (Å²) in [6.45, 7) is 5.08. The highest BCUT2D eigenvalue weighted by Crippen LogP contribution is 2.29. The van der Waals surface area contributed by atoms with Gasteiger partial charge in [0.25, 0.3) is 10.1 Å². The zero-order valence-electron chi connectivity index (χ0n) is 12.8. The molecule has 0 spiro atoms. The number of hydrogen-bond acceptors (Lipinski definition) is 5. The summed E-state index contributed by atoms with van der Waals surface area (Å²) in [6.07, 6.45) is 0. The van der Waals surface area contributed by atoms with Crippen LogP contribution in [0.5, 0.6) is 5.75 Å². The monoisotopic (exact) mass is 356 g/mol. The van der Waals surface area contributed by atoms with Crippen molar-refractivity contribution in [2.45, 2.75) is 30.6 Å². The Balaban J connectivity index is 2.56. The maximum atomic E-state index is 12.4. The molecule has 0 aliphatic heterocycles. The second kappa shape index (κ2) is 5.95. The molecule has 0 aliphatic rings. The molecule has 2 aromatic carbocycles. The first-order chi connectivity index (χ1) is 10.5. The molecule has 0 heterocycles. The van der Waals surface area contributed by atoms with Gasteiger partial charge in [-0.15, -0.1) is 0 Å². The van der Waals surface area contributed by atoms with Crippen LogP contribution < -0.4 is 4.18 Å². The Kier molecular flexibility index (Phi) is 4.52. The van der Waals surface area contributed by atoms with Crippen molar-refractivity contribution in [2.75, 3.05) is 0 Å². The van der Waals surface area contributed by atoms with Gasteiger partial charge in [0.2, 0.25) is 0 Å². The van der Waals surface area contributed by atoms with Crippen LogP contribution in [0.2, 0.25) is 0 Å². The fourth-order valence-electron chi connectivity index (χ4n) is 2.14. The minimum atomic E-state index is -4.61. The van der Waals surface area contributed by atoms with Gasteiger partial charge in [-0.1, -0.05) is 23.8 Å². The maximum absolute atomic E-state index is 12.4. The average molecular weight is 356 g/mol. The van der Waals surface area contributed by atoms with Gasteiger partial charge in [0.05, 0.1) is 0 Å². The van der Waals surface area contributed by atoms with Crippen molar-refractivity contribution in [1.29, 1.82) is 0 Å². The molecule has 0 aromatic heterocycles. The molecule has 0 unspecified atom stereocenters. The fraction of sp³-hybridized carbons (Fsp3) is 0.200. The third-order valence-electron chi connectivity index (χ3n) is 3.18. The molecule has 1 N–H and O–H groups in total. The molecular weight excluding hydrogens is 340 g/mol. The van der Waals surface area contributed by atoms with Crippen LogP contribution in [0, 0.1) is 20.8 Å².